The van der Waals surface area contributed by atoms with Gasteiger partial charge in [-0.25, -0.2) is 0 Å². The fourth-order valence-electron chi connectivity index (χ4n) is 2.46. The van der Waals surface area contributed by atoms with Crippen molar-refractivity contribution in [3.8, 4) is 0 Å². The van der Waals surface area contributed by atoms with Crippen LogP contribution in [0.1, 0.15) is 23.2 Å². The van der Waals surface area contributed by atoms with Crippen LogP contribution in [0, 0.1) is 5.92 Å². The zero-order chi connectivity index (χ0) is 14.1. The molecule has 0 heterocycles. The maximum Gasteiger partial charge on any atom is 0.252 e. The molecule has 1 amide bonds. The Balaban J connectivity index is 0.00000161. The molecule has 112 valence electrons. The van der Waals surface area contributed by atoms with Crippen LogP contribution in [0.15, 0.2) is 40.9 Å². The van der Waals surface area contributed by atoms with E-state index in [4.69, 9.17) is 5.73 Å². The van der Waals surface area contributed by atoms with Crippen molar-refractivity contribution in [1.82, 2.24) is 5.32 Å². The molecule has 0 aliphatic heterocycles. The number of carbonyl (C=O) groups is 1. The Bertz CT molecular complexity index is 658. The average molecular weight is 370 g/mol. The maximum atomic E-state index is 12.4. The van der Waals surface area contributed by atoms with Crippen LogP contribution in [0.25, 0.3) is 10.8 Å². The highest BCUT2D eigenvalue weighted by Gasteiger charge is 2.28. The molecular formula is C16H18BrClN2O. The summed E-state index contributed by atoms with van der Waals surface area (Å²) in [5.41, 5.74) is 6.72. The molecule has 5 heteroatoms. The summed E-state index contributed by atoms with van der Waals surface area (Å²) in [4.78, 5) is 12.4. The number of rotatable bonds is 4. The Morgan fingerprint density at radius 2 is 2.05 bits per heavy atom. The molecular weight excluding hydrogens is 352 g/mol. The summed E-state index contributed by atoms with van der Waals surface area (Å²) in [7, 11) is 0. The highest BCUT2D eigenvalue weighted by atomic mass is 79.9. The van der Waals surface area contributed by atoms with Crippen molar-refractivity contribution in [2.75, 3.05) is 6.54 Å². The lowest BCUT2D eigenvalue weighted by atomic mass is 10.0. The lowest BCUT2D eigenvalue weighted by Crippen LogP contribution is -2.38. The first-order valence-corrected chi connectivity index (χ1v) is 7.66. The van der Waals surface area contributed by atoms with E-state index in [9.17, 15) is 4.79 Å². The number of fused-ring (bicyclic) bond motifs is 1. The molecule has 21 heavy (non-hydrogen) atoms. The topological polar surface area (TPSA) is 55.1 Å². The van der Waals surface area contributed by atoms with E-state index in [0.717, 1.165) is 15.2 Å². The van der Waals surface area contributed by atoms with Crippen LogP contribution in [0.3, 0.4) is 0 Å². The summed E-state index contributed by atoms with van der Waals surface area (Å²) in [5.74, 6) is 0.535. The molecule has 1 atom stereocenters. The largest absolute Gasteiger partial charge is 0.350 e. The standard InChI is InChI=1S/C16H17BrN2O.ClH/c17-12-7-11-3-1-2-4-13(11)14(8-12)16(20)19-9-15(18)10-5-6-10;/h1-4,7-8,10,15H,5-6,9,18H2,(H,19,20);1H. The molecule has 1 saturated carbocycles. The molecule has 3 N–H and O–H groups in total. The molecule has 1 fully saturated rings. The Labute approximate surface area is 138 Å². The average Bonchev–Trinajstić information content (AvgIpc) is 3.28. The van der Waals surface area contributed by atoms with Gasteiger partial charge in [-0.05, 0) is 41.7 Å². The van der Waals surface area contributed by atoms with Crippen molar-refractivity contribution in [3.63, 3.8) is 0 Å². The van der Waals surface area contributed by atoms with E-state index in [1.807, 2.05) is 36.4 Å². The van der Waals surface area contributed by atoms with Crippen molar-refractivity contribution >= 4 is 45.0 Å². The number of nitrogens with one attached hydrogen (secondary N) is 1. The Morgan fingerprint density at radius 1 is 1.33 bits per heavy atom. The van der Waals surface area contributed by atoms with Crippen molar-refractivity contribution in [2.24, 2.45) is 11.7 Å². The van der Waals surface area contributed by atoms with Gasteiger partial charge in [0.1, 0.15) is 0 Å². The smallest absolute Gasteiger partial charge is 0.252 e. The molecule has 1 unspecified atom stereocenters. The second-order valence-corrected chi connectivity index (χ2v) is 6.30. The van der Waals surface area contributed by atoms with E-state index in [2.05, 4.69) is 21.2 Å². The molecule has 0 spiro atoms. The van der Waals surface area contributed by atoms with E-state index in [-0.39, 0.29) is 24.4 Å². The van der Waals surface area contributed by atoms with Crippen molar-refractivity contribution in [2.45, 2.75) is 18.9 Å². The third-order valence-corrected chi connectivity index (χ3v) is 4.25. The van der Waals surface area contributed by atoms with Gasteiger partial charge in [0.15, 0.2) is 0 Å². The highest BCUT2D eigenvalue weighted by Crippen LogP contribution is 2.31. The number of amides is 1. The number of hydrogen-bond acceptors (Lipinski definition) is 2. The third kappa shape index (κ3) is 3.76. The van der Waals surface area contributed by atoms with Gasteiger partial charge in [0.25, 0.3) is 5.91 Å². The summed E-state index contributed by atoms with van der Waals surface area (Å²) >= 11 is 3.46. The van der Waals surface area contributed by atoms with Crippen LogP contribution < -0.4 is 11.1 Å². The first kappa shape index (κ1) is 16.3. The van der Waals surface area contributed by atoms with Crippen LogP contribution >= 0.6 is 28.3 Å². The van der Waals surface area contributed by atoms with Gasteiger partial charge < -0.3 is 11.1 Å². The molecule has 1 aliphatic rings. The van der Waals surface area contributed by atoms with E-state index >= 15 is 0 Å². The van der Waals surface area contributed by atoms with Gasteiger partial charge in [-0.3, -0.25) is 4.79 Å². The van der Waals surface area contributed by atoms with Crippen LogP contribution in [0.2, 0.25) is 0 Å². The van der Waals surface area contributed by atoms with Gasteiger partial charge in [0.2, 0.25) is 0 Å². The van der Waals surface area contributed by atoms with Gasteiger partial charge >= 0.3 is 0 Å². The molecule has 0 aromatic heterocycles. The number of halogens is 2. The number of hydrogen-bond donors (Lipinski definition) is 2. The fourth-order valence-corrected chi connectivity index (χ4v) is 2.93. The van der Waals surface area contributed by atoms with Crippen molar-refractivity contribution < 1.29 is 4.79 Å². The summed E-state index contributed by atoms with van der Waals surface area (Å²) < 4.78 is 0.910. The molecule has 0 bridgehead atoms. The van der Waals surface area contributed by atoms with E-state index in [1.54, 1.807) is 0 Å². The van der Waals surface area contributed by atoms with Gasteiger partial charge in [0.05, 0.1) is 0 Å². The van der Waals surface area contributed by atoms with Gasteiger partial charge in [-0.1, -0.05) is 40.2 Å². The van der Waals surface area contributed by atoms with E-state index in [0.29, 0.717) is 18.0 Å². The fraction of sp³-hybridized carbons (Fsp3) is 0.312. The Kier molecular flexibility index (Phi) is 5.25. The normalized spacial score (nSPS) is 15.3. The summed E-state index contributed by atoms with van der Waals surface area (Å²) in [6, 6.07) is 11.9. The first-order chi connectivity index (χ1) is 9.65. The molecule has 1 aliphatic carbocycles. The minimum absolute atomic E-state index is 0. The molecule has 2 aromatic rings. The second kappa shape index (κ2) is 6.77. The van der Waals surface area contributed by atoms with Crippen molar-refractivity contribution in [3.05, 3.63) is 46.4 Å². The monoisotopic (exact) mass is 368 g/mol. The Morgan fingerprint density at radius 3 is 2.76 bits per heavy atom. The highest BCUT2D eigenvalue weighted by molar-refractivity contribution is 9.10. The van der Waals surface area contributed by atoms with Crippen LogP contribution in [0.5, 0.6) is 0 Å². The minimum Gasteiger partial charge on any atom is -0.350 e. The Hall–Kier alpha value is -1.10. The zero-order valence-electron chi connectivity index (χ0n) is 11.5. The SMILES string of the molecule is Cl.NC(CNC(=O)c1cc(Br)cc2ccccc12)C1CC1. The minimum atomic E-state index is -0.0569. The second-order valence-electron chi connectivity index (χ2n) is 5.39. The van der Waals surface area contributed by atoms with Crippen LogP contribution in [-0.4, -0.2) is 18.5 Å². The van der Waals surface area contributed by atoms with E-state index < -0.39 is 0 Å². The van der Waals surface area contributed by atoms with E-state index in [1.165, 1.54) is 12.8 Å². The quantitative estimate of drug-likeness (QED) is 0.867. The van der Waals surface area contributed by atoms with Gasteiger partial charge in [0, 0.05) is 22.6 Å². The molecule has 2 aromatic carbocycles. The summed E-state index contributed by atoms with van der Waals surface area (Å²) in [5, 5.41) is 4.97. The lowest BCUT2D eigenvalue weighted by Gasteiger charge is -2.13. The summed E-state index contributed by atoms with van der Waals surface area (Å²) in [6.45, 7) is 0.546. The zero-order valence-corrected chi connectivity index (χ0v) is 13.9. The molecule has 0 saturated heterocycles. The number of nitrogens with two attached hydrogens (primary N) is 1. The van der Waals surface area contributed by atoms with Crippen LogP contribution in [0.4, 0.5) is 0 Å². The number of benzene rings is 2. The third-order valence-electron chi connectivity index (χ3n) is 3.80. The maximum absolute atomic E-state index is 12.4. The molecule has 0 radical (unpaired) electrons. The van der Waals surface area contributed by atoms with Gasteiger partial charge in [-0.2, -0.15) is 0 Å². The molecule has 3 rings (SSSR count). The predicted molar refractivity (Wildman–Crippen MR) is 91.9 cm³/mol. The predicted octanol–water partition coefficient (Wildman–Crippen LogP) is 3.49. The van der Waals surface area contributed by atoms with Crippen LogP contribution in [-0.2, 0) is 0 Å². The first-order valence-electron chi connectivity index (χ1n) is 6.87. The molecule has 3 nitrogen and oxygen atoms in total. The summed E-state index contributed by atoms with van der Waals surface area (Å²) in [6.07, 6.45) is 2.38. The van der Waals surface area contributed by atoms with Crippen molar-refractivity contribution in [1.29, 1.82) is 0 Å². The van der Waals surface area contributed by atoms with Gasteiger partial charge in [-0.15, -0.1) is 12.4 Å². The number of carbonyl (C=O) groups excluding carboxylic acids is 1. The lowest BCUT2D eigenvalue weighted by molar-refractivity contribution is 0.0952.